The highest BCUT2D eigenvalue weighted by molar-refractivity contribution is 4.85. The van der Waals surface area contributed by atoms with Gasteiger partial charge in [-0.05, 0) is 39.4 Å². The minimum atomic E-state index is -4.03. The van der Waals surface area contributed by atoms with Crippen molar-refractivity contribution < 1.29 is 13.2 Å². The summed E-state index contributed by atoms with van der Waals surface area (Å²) in [6.45, 7) is 12.2. The molecule has 1 aliphatic heterocycles. The quantitative estimate of drug-likeness (QED) is 0.655. The number of hydrogen-bond donors (Lipinski definition) is 1. The van der Waals surface area contributed by atoms with Crippen molar-refractivity contribution in [1.29, 1.82) is 0 Å². The van der Waals surface area contributed by atoms with E-state index in [0.717, 1.165) is 19.5 Å². The van der Waals surface area contributed by atoms with E-state index < -0.39 is 12.1 Å². The van der Waals surface area contributed by atoms with Gasteiger partial charge in [-0.25, -0.2) is 0 Å². The Morgan fingerprint density at radius 2 is 1.64 bits per heavy atom. The molecule has 1 N–H and O–H groups in total. The second-order valence-corrected chi connectivity index (χ2v) is 5.38. The Morgan fingerprint density at radius 3 is 2.09 bits per heavy atom. The second-order valence-electron chi connectivity index (χ2n) is 5.38. The topological polar surface area (TPSA) is 15.3 Å². The maximum Gasteiger partial charge on any atom is 0.393 e. The van der Waals surface area contributed by atoms with E-state index in [9.17, 15) is 13.2 Å². The van der Waals surface area contributed by atoms with Crippen LogP contribution in [0.2, 0.25) is 0 Å². The van der Waals surface area contributed by atoms with E-state index >= 15 is 0 Å². The standard InChI is InChI=1S/C13H25F3N2.2C2H6/c1-3-4-5-7-18(2)8-6-12-9-11(10-17-12)13(14,15)16;2*1-2/h11-12,17H,3-10H2,1-2H3;2*1-2H3. The Balaban J connectivity index is 0. The Labute approximate surface area is 135 Å². The smallest absolute Gasteiger partial charge is 0.313 e. The highest BCUT2D eigenvalue weighted by Crippen LogP contribution is 2.33. The minimum Gasteiger partial charge on any atom is -0.313 e. The largest absolute Gasteiger partial charge is 0.393 e. The number of nitrogens with zero attached hydrogens (tertiary/aromatic N) is 1. The van der Waals surface area contributed by atoms with Crippen molar-refractivity contribution in [2.75, 3.05) is 26.7 Å². The number of nitrogens with one attached hydrogen (secondary N) is 1. The van der Waals surface area contributed by atoms with Crippen molar-refractivity contribution in [3.63, 3.8) is 0 Å². The van der Waals surface area contributed by atoms with Crippen molar-refractivity contribution in [3.8, 4) is 0 Å². The summed E-state index contributed by atoms with van der Waals surface area (Å²) in [7, 11) is 2.05. The van der Waals surface area contributed by atoms with Crippen molar-refractivity contribution in [2.24, 2.45) is 5.92 Å². The van der Waals surface area contributed by atoms with Crippen LogP contribution in [0.25, 0.3) is 0 Å². The van der Waals surface area contributed by atoms with Gasteiger partial charge in [0.1, 0.15) is 0 Å². The van der Waals surface area contributed by atoms with E-state index in [4.69, 9.17) is 0 Å². The minimum absolute atomic E-state index is 0.0326. The number of alkyl halides is 3. The van der Waals surface area contributed by atoms with Gasteiger partial charge in [-0.1, -0.05) is 47.5 Å². The second kappa shape index (κ2) is 14.3. The first kappa shape index (κ1) is 24.0. The molecule has 2 nitrogen and oxygen atoms in total. The average Bonchev–Trinajstić information content (AvgIpc) is 2.99. The predicted octanol–water partition coefficient (Wildman–Crippen LogP) is 5.09. The van der Waals surface area contributed by atoms with Crippen LogP contribution in [0.5, 0.6) is 0 Å². The lowest BCUT2D eigenvalue weighted by Gasteiger charge is -2.19. The lowest BCUT2D eigenvalue weighted by molar-refractivity contribution is -0.169. The molecule has 0 aromatic heterocycles. The molecule has 1 rings (SSSR count). The zero-order valence-corrected chi connectivity index (χ0v) is 15.4. The molecule has 0 aromatic carbocycles. The molecule has 0 aromatic rings. The fraction of sp³-hybridized carbons (Fsp3) is 1.00. The third-order valence-electron chi connectivity index (χ3n) is 3.69. The molecule has 5 heteroatoms. The van der Waals surface area contributed by atoms with Gasteiger partial charge in [0.05, 0.1) is 5.92 Å². The molecule has 0 amide bonds. The van der Waals surface area contributed by atoms with Crippen LogP contribution in [0, 0.1) is 5.92 Å². The molecule has 1 heterocycles. The van der Waals surface area contributed by atoms with Crippen molar-refractivity contribution >= 4 is 0 Å². The van der Waals surface area contributed by atoms with Crippen LogP contribution in [0.15, 0.2) is 0 Å². The molecule has 22 heavy (non-hydrogen) atoms. The highest BCUT2D eigenvalue weighted by atomic mass is 19.4. The van der Waals surface area contributed by atoms with Gasteiger partial charge < -0.3 is 10.2 Å². The van der Waals surface area contributed by atoms with Crippen LogP contribution in [-0.2, 0) is 0 Å². The maximum absolute atomic E-state index is 12.5. The van der Waals surface area contributed by atoms with Gasteiger partial charge in [0, 0.05) is 12.6 Å². The predicted molar refractivity (Wildman–Crippen MR) is 90.3 cm³/mol. The molecular formula is C17H37F3N2. The average molecular weight is 326 g/mol. The number of halogens is 3. The fourth-order valence-electron chi connectivity index (χ4n) is 2.41. The number of rotatable bonds is 7. The molecule has 0 spiro atoms. The summed E-state index contributed by atoms with van der Waals surface area (Å²) in [5, 5.41) is 2.99. The van der Waals surface area contributed by atoms with Gasteiger partial charge >= 0.3 is 6.18 Å². The third-order valence-corrected chi connectivity index (χ3v) is 3.69. The monoisotopic (exact) mass is 326 g/mol. The number of unbranched alkanes of at least 4 members (excludes halogenated alkanes) is 2. The van der Waals surface area contributed by atoms with Crippen LogP contribution in [0.1, 0.15) is 66.7 Å². The third kappa shape index (κ3) is 11.3. The van der Waals surface area contributed by atoms with Gasteiger partial charge in [0.25, 0.3) is 0 Å². The van der Waals surface area contributed by atoms with Crippen molar-refractivity contribution in [1.82, 2.24) is 10.2 Å². The van der Waals surface area contributed by atoms with Gasteiger partial charge in [-0.3, -0.25) is 0 Å². The van der Waals surface area contributed by atoms with Crippen LogP contribution < -0.4 is 5.32 Å². The maximum atomic E-state index is 12.5. The molecule has 2 unspecified atom stereocenters. The molecule has 0 radical (unpaired) electrons. The van der Waals surface area contributed by atoms with E-state index in [0.29, 0.717) is 0 Å². The van der Waals surface area contributed by atoms with Gasteiger partial charge in [-0.2, -0.15) is 13.2 Å². The summed E-state index contributed by atoms with van der Waals surface area (Å²) in [6, 6.07) is 0.0326. The van der Waals surface area contributed by atoms with E-state index in [1.54, 1.807) is 0 Å². The zero-order chi connectivity index (χ0) is 17.6. The molecule has 0 bridgehead atoms. The molecule has 1 aliphatic rings. The number of hydrogen-bond acceptors (Lipinski definition) is 2. The van der Waals surface area contributed by atoms with Crippen LogP contribution in [-0.4, -0.2) is 43.8 Å². The van der Waals surface area contributed by atoms with Crippen molar-refractivity contribution in [3.05, 3.63) is 0 Å². The summed E-state index contributed by atoms with van der Waals surface area (Å²) in [5.41, 5.74) is 0. The summed E-state index contributed by atoms with van der Waals surface area (Å²) in [5.74, 6) is -1.15. The SMILES string of the molecule is CC.CC.CCCCCN(C)CCC1CC(C(F)(F)F)CN1. The molecule has 0 aliphatic carbocycles. The van der Waals surface area contributed by atoms with Gasteiger partial charge in [0.2, 0.25) is 0 Å². The van der Waals surface area contributed by atoms with Crippen LogP contribution in [0.4, 0.5) is 13.2 Å². The Kier molecular flexibility index (Phi) is 15.6. The fourth-order valence-corrected chi connectivity index (χ4v) is 2.41. The Bertz CT molecular complexity index is 232. The normalized spacial score (nSPS) is 21.0. The lowest BCUT2D eigenvalue weighted by Crippen LogP contribution is -2.29. The molecule has 1 saturated heterocycles. The molecule has 0 saturated carbocycles. The molecule has 136 valence electrons. The van der Waals surface area contributed by atoms with Crippen molar-refractivity contribution in [2.45, 2.75) is 78.9 Å². The first-order valence-electron chi connectivity index (χ1n) is 8.92. The summed E-state index contributed by atoms with van der Waals surface area (Å²) in [6.07, 6.45) is 0.625. The summed E-state index contributed by atoms with van der Waals surface area (Å²) >= 11 is 0. The lowest BCUT2D eigenvalue weighted by atomic mass is 10.0. The Morgan fingerprint density at radius 1 is 1.05 bits per heavy atom. The zero-order valence-electron chi connectivity index (χ0n) is 15.4. The summed E-state index contributed by atoms with van der Waals surface area (Å²) < 4.78 is 37.5. The molecule has 1 fully saturated rings. The van der Waals surface area contributed by atoms with Gasteiger partial charge in [0.15, 0.2) is 0 Å². The molecule has 2 atom stereocenters. The van der Waals surface area contributed by atoms with Crippen LogP contribution >= 0.6 is 0 Å². The van der Waals surface area contributed by atoms with Gasteiger partial charge in [-0.15, -0.1) is 0 Å². The Hall–Kier alpha value is -0.290. The van der Waals surface area contributed by atoms with E-state index in [2.05, 4.69) is 17.1 Å². The highest BCUT2D eigenvalue weighted by Gasteiger charge is 2.43. The first-order chi connectivity index (χ1) is 10.4. The van der Waals surface area contributed by atoms with Crippen LogP contribution in [0.3, 0.4) is 0 Å². The summed E-state index contributed by atoms with van der Waals surface area (Å²) in [4.78, 5) is 2.22. The van der Waals surface area contributed by atoms with E-state index in [-0.39, 0.29) is 19.0 Å². The van der Waals surface area contributed by atoms with E-state index in [1.165, 1.54) is 19.3 Å². The first-order valence-corrected chi connectivity index (χ1v) is 8.92. The molecular weight excluding hydrogens is 289 g/mol. The van der Waals surface area contributed by atoms with E-state index in [1.807, 2.05) is 34.7 Å².